The summed E-state index contributed by atoms with van der Waals surface area (Å²) in [5.74, 6) is -120. The minimum Gasteiger partial charge on any atom is -0.417 e. The summed E-state index contributed by atoms with van der Waals surface area (Å²) in [7, 11) is -34.5. The Kier molecular flexibility index (Phi) is 56.1. The Morgan fingerprint density at radius 1 is 0.161 bits per heavy atom. The molecule has 65 heteroatoms. The lowest BCUT2D eigenvalue weighted by Crippen LogP contribution is -2.74. The fraction of sp³-hybridized carbons (Fsp3) is 1.00. The van der Waals surface area contributed by atoms with E-state index in [0.717, 1.165) is 26.2 Å². The van der Waals surface area contributed by atoms with Crippen molar-refractivity contribution in [3.05, 3.63) is 0 Å². The molecule has 0 aromatic heterocycles. The smallest absolute Gasteiger partial charge is 0.417 e. The van der Waals surface area contributed by atoms with Gasteiger partial charge in [0, 0.05) is 79.8 Å². The summed E-state index contributed by atoms with van der Waals surface area (Å²) >= 11 is 0. The Morgan fingerprint density at radius 3 is 0.467 bits per heavy atom. The van der Waals surface area contributed by atoms with E-state index in [0.29, 0.717) is 0 Å². The molecule has 0 aliphatic carbocycles. The zero-order valence-corrected chi connectivity index (χ0v) is 86.5. The zero-order chi connectivity index (χ0) is 107. The van der Waals surface area contributed by atoms with Gasteiger partial charge in [0.1, 0.15) is 0 Å². The van der Waals surface area contributed by atoms with Crippen molar-refractivity contribution >= 4 is 68.0 Å². The van der Waals surface area contributed by atoms with Crippen molar-refractivity contribution in [2.75, 3.05) is 213 Å². The van der Waals surface area contributed by atoms with Crippen LogP contribution >= 0.6 is 0 Å². The van der Waals surface area contributed by atoms with Crippen molar-refractivity contribution in [2.45, 2.75) is 249 Å². The van der Waals surface area contributed by atoms with E-state index in [1.807, 2.05) is 0 Å². The lowest BCUT2D eigenvalue weighted by atomic mass is 9.88. The Balaban J connectivity index is 9.56. The molecule has 0 unspecified atom stereocenters. The van der Waals surface area contributed by atoms with Gasteiger partial charge in [-0.1, -0.05) is 0 Å². The number of hydrogen-bond donors (Lipinski definition) is 0. The molecule has 137 heavy (non-hydrogen) atoms. The molecule has 0 fully saturated rings. The van der Waals surface area contributed by atoms with E-state index in [1.54, 1.807) is 0 Å². The van der Waals surface area contributed by atoms with E-state index in [-0.39, 0.29) is 235 Å². The van der Waals surface area contributed by atoms with Crippen LogP contribution in [0, 0.1) is 0 Å². The molecular formula is C72H128F34O23Si8. The number of rotatable bonds is 84. The third-order valence-electron chi connectivity index (χ3n) is 19.1. The van der Waals surface area contributed by atoms with Gasteiger partial charge in [0.25, 0.3) is 0 Å². The highest BCUT2D eigenvalue weighted by molar-refractivity contribution is 6.93. The fourth-order valence-electron chi connectivity index (χ4n) is 12.2. The second kappa shape index (κ2) is 56.7. The monoisotopic (exact) mass is 2230 g/mol. The topological polar surface area (TPSA) is 212 Å². The summed E-state index contributed by atoms with van der Waals surface area (Å²) in [6.45, 7) is 11.9. The molecule has 0 aromatic rings. The summed E-state index contributed by atoms with van der Waals surface area (Å²) in [4.78, 5) is 0. The molecule has 0 atom stereocenters. The molecule has 0 bridgehead atoms. The molecule has 0 N–H and O–H groups in total. The van der Waals surface area contributed by atoms with Gasteiger partial charge in [-0.25, -0.2) is 0 Å². The predicted octanol–water partition coefficient (Wildman–Crippen LogP) is 20.3. The predicted molar refractivity (Wildman–Crippen MR) is 439 cm³/mol. The van der Waals surface area contributed by atoms with Crippen LogP contribution in [0.3, 0.4) is 0 Å². The number of methoxy groups -OCH3 is 4. The lowest BCUT2D eigenvalue weighted by Gasteiger charge is -2.48. The van der Waals surface area contributed by atoms with Gasteiger partial charge in [0.05, 0.1) is 159 Å². The standard InChI is InChI=1S/C72H128F34O23Si8/c1-107-27-31-115-43-47-119-39-35-111-23-17-51-130(5,6)123-136(124-131(7,8)52-18-24-112-36-40-120-48-44-116-32-28-108-2,55-21-57(73,74)59(77,78)61(81,82)63(85,86)65(89,90)67(93,94)69(97,98)71(101,102)103)128-134(13,14)127-135(15,16)129-137(125-132(9,10)53-19-25-113-37-41-121-49-45-117-33-29-109-3,126-133(11,12)54-20-26-114-38-42-122-50-46-118-34-30-110-4)56-22-58(75,76)60(79,80)62(83,84)64(87,88)66(91,92)68(95,96)70(99,100)72(104,105)106/h17-56H2,1-16H3. The van der Waals surface area contributed by atoms with Crippen molar-refractivity contribution in [3.63, 3.8) is 0 Å². The van der Waals surface area contributed by atoms with Crippen LogP contribution in [-0.2, 0) is 105 Å². The molecule has 0 rings (SSSR count). The fourth-order valence-corrected chi connectivity index (χ4v) is 50.0. The van der Waals surface area contributed by atoms with Crippen molar-refractivity contribution in [1.29, 1.82) is 0 Å². The average Bonchev–Trinajstić information content (AvgIpc) is 0.697. The quantitative estimate of drug-likeness (QED) is 0.0314. The summed E-state index contributed by atoms with van der Waals surface area (Å²) in [6.07, 6.45) is -23.7. The van der Waals surface area contributed by atoms with Crippen LogP contribution in [0.25, 0.3) is 0 Å². The van der Waals surface area contributed by atoms with Gasteiger partial charge in [-0.15, -0.1) is 0 Å². The molecule has 824 valence electrons. The highest BCUT2D eigenvalue weighted by Crippen LogP contribution is 2.67. The summed E-state index contributed by atoms with van der Waals surface area (Å²) < 4.78 is 642. The van der Waals surface area contributed by atoms with Gasteiger partial charge in [0.15, 0.2) is 33.3 Å². The maximum absolute atomic E-state index is 16.9. The molecule has 0 radical (unpaired) electrons. The normalized spacial score (nSPS) is 15.0. The van der Waals surface area contributed by atoms with Crippen LogP contribution < -0.4 is 0 Å². The van der Waals surface area contributed by atoms with Crippen LogP contribution in [0.1, 0.15) is 38.5 Å². The van der Waals surface area contributed by atoms with Crippen LogP contribution in [0.2, 0.25) is 115 Å². The first-order chi connectivity index (χ1) is 62.1. The molecule has 0 aliphatic heterocycles. The second-order valence-electron chi connectivity index (χ2n) is 33.9. The maximum Gasteiger partial charge on any atom is 0.471 e. The summed E-state index contributed by atoms with van der Waals surface area (Å²) in [6, 6.07) is -6.11. The number of alkyl halides is 34. The van der Waals surface area contributed by atoms with E-state index >= 15 is 87.8 Å². The van der Waals surface area contributed by atoms with Crippen molar-refractivity contribution in [1.82, 2.24) is 0 Å². The Labute approximate surface area is 781 Å². The third kappa shape index (κ3) is 40.8. The first-order valence-electron chi connectivity index (χ1n) is 42.3. The van der Waals surface area contributed by atoms with Gasteiger partial charge in [0.2, 0.25) is 0 Å². The molecule has 0 aliphatic rings. The first kappa shape index (κ1) is 135. The minimum atomic E-state index is -9.08. The highest BCUT2D eigenvalue weighted by Gasteiger charge is 2.97. The van der Waals surface area contributed by atoms with Crippen molar-refractivity contribution in [3.8, 4) is 0 Å². The van der Waals surface area contributed by atoms with E-state index in [1.165, 1.54) is 80.8 Å². The zero-order valence-electron chi connectivity index (χ0n) is 78.5. The van der Waals surface area contributed by atoms with Crippen LogP contribution in [0.15, 0.2) is 0 Å². The Bertz CT molecular complexity index is 3020. The van der Waals surface area contributed by atoms with Crippen molar-refractivity contribution in [2.24, 2.45) is 0 Å². The molecule has 0 spiro atoms. The lowest BCUT2D eigenvalue weighted by molar-refractivity contribution is -0.461. The maximum atomic E-state index is 16.9. The van der Waals surface area contributed by atoms with E-state index < -0.39 is 188 Å². The summed E-state index contributed by atoms with van der Waals surface area (Å²) in [5, 5.41) is 0. The number of ether oxygens (including phenoxy) is 16. The molecule has 0 saturated carbocycles. The molecule has 0 amide bonds. The van der Waals surface area contributed by atoms with Gasteiger partial charge < -0.3 is 105 Å². The molecule has 0 saturated heterocycles. The van der Waals surface area contributed by atoms with Gasteiger partial charge in [-0.2, -0.15) is 149 Å². The summed E-state index contributed by atoms with van der Waals surface area (Å²) in [5.41, 5.74) is 0. The highest BCUT2D eigenvalue weighted by atomic mass is 28.5. The molecule has 0 aromatic carbocycles. The van der Waals surface area contributed by atoms with Gasteiger partial charge in [-0.05, 0) is 128 Å². The van der Waals surface area contributed by atoms with Gasteiger partial charge in [-0.3, -0.25) is 0 Å². The Morgan fingerprint density at radius 2 is 0.307 bits per heavy atom. The SMILES string of the molecule is COCCOCCOCCOCCC[Si](C)(C)O[Si](CCC(F)(F)C(F)(F)C(F)(F)C(F)(F)C(F)(F)C(F)(F)C(F)(F)C(F)(F)F)(O[Si](C)(C)CCCOCCOCCOCCOC)O[Si](C)(C)O[Si](C)(C)O[Si](CCC(F)(F)C(F)(F)C(F)(F)C(F)(F)C(F)(F)C(F)(F)C(F)(F)C(F)(F)F)(O[Si](C)(C)CCCOCCOCCOCCOC)O[Si](C)(C)CCCOCCOCCOCCOC. The van der Waals surface area contributed by atoms with Crippen molar-refractivity contribution < 1.29 is 254 Å². The Hall–Kier alpha value is -1.56. The third-order valence-corrected chi connectivity index (χ3v) is 51.2. The second-order valence-corrected chi connectivity index (χ2v) is 65.1. The molecule has 23 nitrogen and oxygen atoms in total. The van der Waals surface area contributed by atoms with Gasteiger partial charge >= 0.3 is 130 Å². The van der Waals surface area contributed by atoms with Crippen LogP contribution in [-0.4, -0.2) is 377 Å². The first-order valence-corrected chi connectivity index (χ1v) is 64.3. The van der Waals surface area contributed by atoms with E-state index in [9.17, 15) is 61.5 Å². The van der Waals surface area contributed by atoms with Crippen LogP contribution in [0.5, 0.6) is 0 Å². The van der Waals surface area contributed by atoms with E-state index in [4.69, 9.17) is 105 Å². The number of hydrogen-bond acceptors (Lipinski definition) is 23. The van der Waals surface area contributed by atoms with E-state index in [2.05, 4.69) is 0 Å². The van der Waals surface area contributed by atoms with Crippen LogP contribution in [0.4, 0.5) is 149 Å². The number of halogens is 34. The minimum absolute atomic E-state index is 0.0118. The average molecular weight is 2230 g/mol. The molecule has 0 heterocycles. The largest absolute Gasteiger partial charge is 0.471 e. The molecular weight excluding hydrogens is 2100 g/mol.